The molecule has 5 nitrogen and oxygen atoms in total. The number of nitrogens with zero attached hydrogens (tertiary/aromatic N) is 2. The summed E-state index contributed by atoms with van der Waals surface area (Å²) >= 11 is 13.3. The number of anilines is 1. The molecule has 0 aliphatic carbocycles. The Labute approximate surface area is 154 Å². The van der Waals surface area contributed by atoms with Crippen molar-refractivity contribution in [1.29, 1.82) is 0 Å². The van der Waals surface area contributed by atoms with Crippen LogP contribution in [0.25, 0.3) is 0 Å². The molecule has 2 aromatic rings. The van der Waals surface area contributed by atoms with E-state index >= 15 is 0 Å². The summed E-state index contributed by atoms with van der Waals surface area (Å²) in [5.41, 5.74) is 0.323. The van der Waals surface area contributed by atoms with Crippen molar-refractivity contribution in [3.8, 4) is 0 Å². The summed E-state index contributed by atoms with van der Waals surface area (Å²) in [6, 6.07) is 4.57. The predicted molar refractivity (Wildman–Crippen MR) is 98.0 cm³/mol. The zero-order valence-corrected chi connectivity index (χ0v) is 15.6. The number of hydrogen-bond donors (Lipinski definition) is 1. The molecule has 1 atom stereocenters. The molecular formula is C16H17Cl2N3O2S. The number of halogens is 2. The highest BCUT2D eigenvalue weighted by Gasteiger charge is 2.25. The van der Waals surface area contributed by atoms with Crippen LogP contribution in [0.2, 0.25) is 10.0 Å². The smallest absolute Gasteiger partial charge is 0.256 e. The van der Waals surface area contributed by atoms with Crippen molar-refractivity contribution in [1.82, 2.24) is 9.88 Å². The molecule has 0 saturated heterocycles. The van der Waals surface area contributed by atoms with Gasteiger partial charge in [-0.25, -0.2) is 4.98 Å². The normalized spacial score (nSPS) is 11.8. The van der Waals surface area contributed by atoms with E-state index in [-0.39, 0.29) is 29.4 Å². The molecule has 2 amide bonds. The number of rotatable bonds is 6. The van der Waals surface area contributed by atoms with E-state index in [1.807, 2.05) is 13.8 Å². The minimum Gasteiger partial charge on any atom is -0.327 e. The second kappa shape index (κ2) is 8.46. The maximum absolute atomic E-state index is 12.8. The molecule has 1 aromatic carbocycles. The van der Waals surface area contributed by atoms with E-state index in [2.05, 4.69) is 10.3 Å². The quantitative estimate of drug-likeness (QED) is 0.804. The number of benzene rings is 1. The van der Waals surface area contributed by atoms with Crippen LogP contribution in [0, 0.1) is 0 Å². The van der Waals surface area contributed by atoms with Crippen LogP contribution >= 0.6 is 34.5 Å². The molecule has 0 aliphatic rings. The lowest BCUT2D eigenvalue weighted by molar-refractivity contribution is -0.117. The van der Waals surface area contributed by atoms with Gasteiger partial charge in [0.2, 0.25) is 5.91 Å². The highest BCUT2D eigenvalue weighted by Crippen LogP contribution is 2.23. The highest BCUT2D eigenvalue weighted by atomic mass is 35.5. The van der Waals surface area contributed by atoms with Crippen LogP contribution in [-0.2, 0) is 4.79 Å². The summed E-state index contributed by atoms with van der Waals surface area (Å²) in [5.74, 6) is -0.607. The fourth-order valence-corrected chi connectivity index (χ4v) is 3.10. The molecule has 0 bridgehead atoms. The summed E-state index contributed by atoms with van der Waals surface area (Å²) in [7, 11) is 0. The Bertz CT molecular complexity index is 722. The van der Waals surface area contributed by atoms with E-state index in [9.17, 15) is 9.59 Å². The Morgan fingerprint density at radius 1 is 1.38 bits per heavy atom. The van der Waals surface area contributed by atoms with Gasteiger partial charge in [0, 0.05) is 22.6 Å². The molecule has 1 N–H and O–H groups in total. The van der Waals surface area contributed by atoms with E-state index in [4.69, 9.17) is 23.2 Å². The molecule has 1 unspecified atom stereocenters. The Morgan fingerprint density at radius 3 is 2.71 bits per heavy atom. The molecule has 128 valence electrons. The SMILES string of the molecule is CCC(C)N(CC(=O)Nc1nccs1)C(=O)c1ccc(Cl)cc1Cl. The maximum atomic E-state index is 12.8. The van der Waals surface area contributed by atoms with Gasteiger partial charge in [0.1, 0.15) is 6.54 Å². The van der Waals surface area contributed by atoms with Gasteiger partial charge < -0.3 is 10.2 Å². The molecule has 2 rings (SSSR count). The number of hydrogen-bond acceptors (Lipinski definition) is 4. The Hall–Kier alpha value is -1.63. The average molecular weight is 386 g/mol. The van der Waals surface area contributed by atoms with Crippen LogP contribution < -0.4 is 5.32 Å². The van der Waals surface area contributed by atoms with Crippen LogP contribution in [0.15, 0.2) is 29.8 Å². The van der Waals surface area contributed by atoms with Gasteiger partial charge in [-0.1, -0.05) is 30.1 Å². The van der Waals surface area contributed by atoms with E-state index in [1.165, 1.54) is 22.3 Å². The first-order chi connectivity index (χ1) is 11.4. The monoisotopic (exact) mass is 385 g/mol. The van der Waals surface area contributed by atoms with Gasteiger partial charge in [-0.05, 0) is 31.5 Å². The minimum atomic E-state index is -0.305. The molecule has 1 heterocycles. The molecule has 0 radical (unpaired) electrons. The van der Waals surface area contributed by atoms with E-state index in [1.54, 1.807) is 23.7 Å². The Balaban J connectivity index is 2.18. The number of nitrogens with one attached hydrogen (secondary N) is 1. The zero-order valence-electron chi connectivity index (χ0n) is 13.3. The molecule has 0 aliphatic heterocycles. The summed E-state index contributed by atoms with van der Waals surface area (Å²) in [5, 5.41) is 5.66. The second-order valence-electron chi connectivity index (χ2n) is 5.20. The zero-order chi connectivity index (χ0) is 17.7. The van der Waals surface area contributed by atoms with E-state index in [0.717, 1.165) is 0 Å². The van der Waals surface area contributed by atoms with Crippen molar-refractivity contribution < 1.29 is 9.59 Å². The predicted octanol–water partition coefficient (Wildman–Crippen LogP) is 4.33. The fraction of sp³-hybridized carbons (Fsp3) is 0.312. The second-order valence-corrected chi connectivity index (χ2v) is 6.94. The Kier molecular flexibility index (Phi) is 6.60. The summed E-state index contributed by atoms with van der Waals surface area (Å²) in [4.78, 5) is 30.5. The van der Waals surface area contributed by atoms with Gasteiger partial charge in [0.25, 0.3) is 5.91 Å². The third-order valence-electron chi connectivity index (χ3n) is 3.54. The molecule has 0 spiro atoms. The lowest BCUT2D eigenvalue weighted by Crippen LogP contribution is -2.43. The van der Waals surface area contributed by atoms with Gasteiger partial charge >= 0.3 is 0 Å². The van der Waals surface area contributed by atoms with Crippen molar-refractivity contribution in [2.45, 2.75) is 26.3 Å². The lowest BCUT2D eigenvalue weighted by atomic mass is 10.1. The van der Waals surface area contributed by atoms with Gasteiger partial charge in [-0.3, -0.25) is 9.59 Å². The Morgan fingerprint density at radius 2 is 2.12 bits per heavy atom. The summed E-state index contributed by atoms with van der Waals surface area (Å²) in [6.07, 6.45) is 2.31. The first kappa shape index (κ1) is 18.7. The summed E-state index contributed by atoms with van der Waals surface area (Å²) in [6.45, 7) is 3.76. The minimum absolute atomic E-state index is 0.0770. The third kappa shape index (κ3) is 4.69. The number of thiazole rings is 1. The molecule has 1 aromatic heterocycles. The van der Waals surface area contributed by atoms with Crippen molar-refractivity contribution in [3.63, 3.8) is 0 Å². The van der Waals surface area contributed by atoms with Crippen LogP contribution in [0.5, 0.6) is 0 Å². The van der Waals surface area contributed by atoms with Gasteiger partial charge in [0.15, 0.2) is 5.13 Å². The molecule has 8 heteroatoms. The van der Waals surface area contributed by atoms with Crippen molar-refractivity contribution >= 4 is 51.5 Å². The van der Waals surface area contributed by atoms with E-state index < -0.39 is 0 Å². The summed E-state index contributed by atoms with van der Waals surface area (Å²) < 4.78 is 0. The average Bonchev–Trinajstić information content (AvgIpc) is 3.04. The number of carbonyl (C=O) groups excluding carboxylic acids is 2. The van der Waals surface area contributed by atoms with E-state index in [0.29, 0.717) is 22.1 Å². The number of amides is 2. The first-order valence-corrected chi connectivity index (χ1v) is 9.01. The van der Waals surface area contributed by atoms with Gasteiger partial charge in [0.05, 0.1) is 10.6 Å². The standard InChI is InChI=1S/C16H17Cl2N3O2S/c1-3-10(2)21(9-14(22)20-16-19-6-7-24-16)15(23)12-5-4-11(17)8-13(12)18/h4-8,10H,3,9H2,1-2H3,(H,19,20,22). The lowest BCUT2D eigenvalue weighted by Gasteiger charge is -2.28. The van der Waals surface area contributed by atoms with Crippen LogP contribution in [0.3, 0.4) is 0 Å². The first-order valence-electron chi connectivity index (χ1n) is 7.37. The largest absolute Gasteiger partial charge is 0.327 e. The maximum Gasteiger partial charge on any atom is 0.256 e. The van der Waals surface area contributed by atoms with Crippen LogP contribution in [0.1, 0.15) is 30.6 Å². The van der Waals surface area contributed by atoms with Crippen LogP contribution in [-0.4, -0.2) is 34.3 Å². The number of carbonyl (C=O) groups is 2. The third-order valence-corrected chi connectivity index (χ3v) is 4.77. The number of aromatic nitrogens is 1. The van der Waals surface area contributed by atoms with Gasteiger partial charge in [-0.15, -0.1) is 11.3 Å². The molecule has 0 fully saturated rings. The van der Waals surface area contributed by atoms with Gasteiger partial charge in [-0.2, -0.15) is 0 Å². The van der Waals surface area contributed by atoms with Crippen molar-refractivity contribution in [2.75, 3.05) is 11.9 Å². The van der Waals surface area contributed by atoms with Crippen molar-refractivity contribution in [3.05, 3.63) is 45.4 Å². The molecule has 24 heavy (non-hydrogen) atoms. The van der Waals surface area contributed by atoms with Crippen LogP contribution in [0.4, 0.5) is 5.13 Å². The van der Waals surface area contributed by atoms with Crippen molar-refractivity contribution in [2.24, 2.45) is 0 Å². The highest BCUT2D eigenvalue weighted by molar-refractivity contribution is 7.13. The fourth-order valence-electron chi connectivity index (χ4n) is 2.06. The molecular weight excluding hydrogens is 369 g/mol. The molecule has 0 saturated carbocycles. The topological polar surface area (TPSA) is 62.3 Å².